The van der Waals surface area contributed by atoms with Crippen LogP contribution in [-0.2, 0) is 0 Å². The SMILES string of the molecule is N#Cc1ccc(-c2cccc(-c3ccc4c5c(cccc35)-c3ccccc3-4)c2)cc1-c1ccc(-c2cccc(-c3nc(-c4ccccc4)nc(-c4cccc(-c5cc6ccccc6c6ccccc56)c4)n3)c2)cc1. The van der Waals surface area contributed by atoms with Crippen LogP contribution in [0.5, 0.6) is 0 Å². The van der Waals surface area contributed by atoms with Crippen molar-refractivity contribution in [3.05, 3.63) is 260 Å². The van der Waals surface area contributed by atoms with Crippen LogP contribution in [0.15, 0.2) is 255 Å². The first-order chi connectivity index (χ1) is 36.6. The van der Waals surface area contributed by atoms with Crippen LogP contribution in [0.4, 0.5) is 0 Å². The number of nitriles is 1. The van der Waals surface area contributed by atoms with E-state index in [0.717, 1.165) is 66.8 Å². The van der Waals surface area contributed by atoms with E-state index in [0.29, 0.717) is 23.0 Å². The van der Waals surface area contributed by atoms with Crippen molar-refractivity contribution in [2.75, 3.05) is 0 Å². The molecular weight excluding hydrogens is 897 g/mol. The molecule has 74 heavy (non-hydrogen) atoms. The molecule has 342 valence electrons. The molecule has 12 aromatic carbocycles. The fourth-order valence-electron chi connectivity index (χ4n) is 11.1. The number of hydrogen-bond acceptors (Lipinski definition) is 4. The summed E-state index contributed by atoms with van der Waals surface area (Å²) in [6, 6.07) is 92.3. The summed E-state index contributed by atoms with van der Waals surface area (Å²) in [6.45, 7) is 0. The van der Waals surface area contributed by atoms with Crippen LogP contribution < -0.4 is 0 Å². The van der Waals surface area contributed by atoms with Gasteiger partial charge in [-0.2, -0.15) is 5.26 Å². The van der Waals surface area contributed by atoms with Crippen molar-refractivity contribution < 1.29 is 0 Å². The molecule has 0 fully saturated rings. The number of benzene rings is 12. The monoisotopic (exact) mass is 938 g/mol. The minimum atomic E-state index is 0.590. The lowest BCUT2D eigenvalue weighted by molar-refractivity contribution is 1.07. The molecule has 0 N–H and O–H groups in total. The molecule has 0 bridgehead atoms. The van der Waals surface area contributed by atoms with Gasteiger partial charge in [0.15, 0.2) is 17.5 Å². The molecule has 1 aliphatic carbocycles. The average Bonchev–Trinajstić information content (AvgIpc) is 3.82. The number of aromatic nitrogens is 3. The van der Waals surface area contributed by atoms with E-state index in [1.54, 1.807) is 0 Å². The normalized spacial score (nSPS) is 11.5. The van der Waals surface area contributed by atoms with Crippen LogP contribution in [0, 0.1) is 11.3 Å². The minimum absolute atomic E-state index is 0.590. The summed E-state index contributed by atoms with van der Waals surface area (Å²) in [5.41, 5.74) is 19.2. The van der Waals surface area contributed by atoms with E-state index in [-0.39, 0.29) is 0 Å². The Morgan fingerprint density at radius 2 is 0.703 bits per heavy atom. The summed E-state index contributed by atoms with van der Waals surface area (Å²) in [4.78, 5) is 15.4. The van der Waals surface area contributed by atoms with Gasteiger partial charge in [0.25, 0.3) is 0 Å². The Morgan fingerprint density at radius 1 is 0.243 bits per heavy atom. The van der Waals surface area contributed by atoms with Crippen LogP contribution in [0.25, 0.3) is 144 Å². The largest absolute Gasteiger partial charge is 0.208 e. The van der Waals surface area contributed by atoms with Gasteiger partial charge in [-0.3, -0.25) is 0 Å². The smallest absolute Gasteiger partial charge is 0.164 e. The van der Waals surface area contributed by atoms with Gasteiger partial charge in [-0.1, -0.05) is 218 Å². The van der Waals surface area contributed by atoms with Crippen molar-refractivity contribution in [3.8, 4) is 118 Å². The highest BCUT2D eigenvalue weighted by Gasteiger charge is 2.23. The molecule has 0 unspecified atom stereocenters. The first-order valence-corrected chi connectivity index (χ1v) is 25.0. The zero-order valence-corrected chi connectivity index (χ0v) is 40.0. The maximum absolute atomic E-state index is 10.4. The Hall–Kier alpha value is -10.1. The lowest BCUT2D eigenvalue weighted by Crippen LogP contribution is -2.00. The number of rotatable bonds is 8. The van der Waals surface area contributed by atoms with Gasteiger partial charge in [0.05, 0.1) is 11.6 Å². The molecule has 0 spiro atoms. The molecule has 4 heteroatoms. The Morgan fingerprint density at radius 3 is 1.43 bits per heavy atom. The zero-order chi connectivity index (χ0) is 49.1. The lowest BCUT2D eigenvalue weighted by Gasteiger charge is -2.13. The Bertz CT molecular complexity index is 4400. The van der Waals surface area contributed by atoms with E-state index in [2.05, 4.69) is 224 Å². The third kappa shape index (κ3) is 7.34. The van der Waals surface area contributed by atoms with Crippen LogP contribution in [-0.4, -0.2) is 15.0 Å². The van der Waals surface area contributed by atoms with Crippen molar-refractivity contribution in [1.29, 1.82) is 5.26 Å². The second kappa shape index (κ2) is 17.6. The molecule has 0 saturated heterocycles. The van der Waals surface area contributed by atoms with Crippen molar-refractivity contribution >= 4 is 32.3 Å². The second-order valence-electron chi connectivity index (χ2n) is 19.0. The van der Waals surface area contributed by atoms with Crippen molar-refractivity contribution in [2.45, 2.75) is 0 Å². The number of hydrogen-bond donors (Lipinski definition) is 0. The van der Waals surface area contributed by atoms with E-state index in [1.165, 1.54) is 60.1 Å². The molecular formula is C70H42N4. The van der Waals surface area contributed by atoms with E-state index >= 15 is 0 Å². The van der Waals surface area contributed by atoms with E-state index < -0.39 is 0 Å². The topological polar surface area (TPSA) is 62.5 Å². The molecule has 13 aromatic rings. The molecule has 0 radical (unpaired) electrons. The fourth-order valence-corrected chi connectivity index (χ4v) is 11.1. The first kappa shape index (κ1) is 42.8. The van der Waals surface area contributed by atoms with E-state index in [9.17, 15) is 5.26 Å². The quantitative estimate of drug-likeness (QED) is 0.142. The molecule has 0 atom stereocenters. The third-order valence-electron chi connectivity index (χ3n) is 14.7. The molecule has 0 amide bonds. The predicted molar refractivity (Wildman–Crippen MR) is 305 cm³/mol. The van der Waals surface area contributed by atoms with Gasteiger partial charge >= 0.3 is 0 Å². The second-order valence-corrected chi connectivity index (χ2v) is 19.0. The molecule has 1 heterocycles. The van der Waals surface area contributed by atoms with Gasteiger partial charge in [-0.05, 0) is 141 Å². The molecule has 4 nitrogen and oxygen atoms in total. The highest BCUT2D eigenvalue weighted by molar-refractivity contribution is 6.19. The molecule has 0 saturated carbocycles. The first-order valence-electron chi connectivity index (χ1n) is 25.0. The Balaban J connectivity index is 0.790. The number of nitrogens with zero attached hydrogens (tertiary/aromatic N) is 4. The van der Waals surface area contributed by atoms with Gasteiger partial charge in [-0.15, -0.1) is 0 Å². The maximum Gasteiger partial charge on any atom is 0.164 e. The molecule has 14 rings (SSSR count). The molecule has 1 aliphatic rings. The van der Waals surface area contributed by atoms with Crippen LogP contribution in [0.1, 0.15) is 5.56 Å². The number of fused-ring (bicyclic) bond motifs is 6. The Labute approximate surface area is 428 Å². The van der Waals surface area contributed by atoms with E-state index in [1.807, 2.05) is 36.4 Å². The van der Waals surface area contributed by atoms with Crippen molar-refractivity contribution in [2.24, 2.45) is 0 Å². The van der Waals surface area contributed by atoms with Crippen LogP contribution in [0.3, 0.4) is 0 Å². The summed E-state index contributed by atoms with van der Waals surface area (Å²) in [6.07, 6.45) is 0. The van der Waals surface area contributed by atoms with Crippen LogP contribution in [0.2, 0.25) is 0 Å². The summed E-state index contributed by atoms with van der Waals surface area (Å²) < 4.78 is 0. The van der Waals surface area contributed by atoms with Gasteiger partial charge < -0.3 is 0 Å². The maximum atomic E-state index is 10.4. The highest BCUT2D eigenvalue weighted by Crippen LogP contribution is 2.49. The van der Waals surface area contributed by atoms with Crippen LogP contribution >= 0.6 is 0 Å². The standard InChI is InChI=1S/C70H42N4/c71-43-55-35-34-49(48-18-10-19-50(38-48)57-36-37-64-60-26-8-7-25-59(60)63-29-13-28-62(57)67(63)64)41-65(55)45-32-30-44(31-33-45)47-17-11-21-53(39-47)69-72-68(46-14-2-1-3-15-46)73-70(74-69)54-22-12-20-51(40-54)66-42-52-16-4-5-23-56(52)58-24-6-9-27-61(58)66/h1-42H. The summed E-state index contributed by atoms with van der Waals surface area (Å²) in [5, 5.41) is 17.8. The molecule has 0 aliphatic heterocycles. The van der Waals surface area contributed by atoms with Gasteiger partial charge in [0.2, 0.25) is 0 Å². The lowest BCUT2D eigenvalue weighted by atomic mass is 9.91. The van der Waals surface area contributed by atoms with E-state index in [4.69, 9.17) is 15.0 Å². The van der Waals surface area contributed by atoms with Gasteiger partial charge in [0.1, 0.15) is 0 Å². The Kier molecular flexibility index (Phi) is 10.2. The third-order valence-corrected chi connectivity index (χ3v) is 14.7. The molecule has 1 aromatic heterocycles. The predicted octanol–water partition coefficient (Wildman–Crippen LogP) is 18.2. The van der Waals surface area contributed by atoms with Crippen molar-refractivity contribution in [3.63, 3.8) is 0 Å². The summed E-state index contributed by atoms with van der Waals surface area (Å²) >= 11 is 0. The summed E-state index contributed by atoms with van der Waals surface area (Å²) in [7, 11) is 0. The van der Waals surface area contributed by atoms with Gasteiger partial charge in [-0.25, -0.2) is 15.0 Å². The van der Waals surface area contributed by atoms with Gasteiger partial charge in [0, 0.05) is 22.3 Å². The zero-order valence-electron chi connectivity index (χ0n) is 40.0. The summed E-state index contributed by atoms with van der Waals surface area (Å²) in [5.74, 6) is 1.80. The highest BCUT2D eigenvalue weighted by atomic mass is 15.0. The fraction of sp³-hybridized carbons (Fsp3) is 0. The minimum Gasteiger partial charge on any atom is -0.208 e. The average molecular weight is 939 g/mol. The van der Waals surface area contributed by atoms with Crippen molar-refractivity contribution in [1.82, 2.24) is 15.0 Å².